The van der Waals surface area contributed by atoms with E-state index in [1.54, 1.807) is 18.2 Å². The molecule has 1 saturated carbocycles. The van der Waals surface area contributed by atoms with E-state index in [0.29, 0.717) is 16.4 Å². The van der Waals surface area contributed by atoms with Crippen LogP contribution < -0.4 is 11.1 Å². The van der Waals surface area contributed by atoms with Gasteiger partial charge in [0.1, 0.15) is 0 Å². The van der Waals surface area contributed by atoms with Crippen molar-refractivity contribution in [1.82, 2.24) is 0 Å². The van der Waals surface area contributed by atoms with Crippen molar-refractivity contribution < 1.29 is 4.79 Å². The van der Waals surface area contributed by atoms with Crippen LogP contribution in [0.5, 0.6) is 0 Å². The number of amides is 1. The third-order valence-electron chi connectivity index (χ3n) is 4.10. The van der Waals surface area contributed by atoms with Crippen LogP contribution in [0.25, 0.3) is 0 Å². The minimum absolute atomic E-state index is 0.0522. The summed E-state index contributed by atoms with van der Waals surface area (Å²) in [7, 11) is 0. The Hall–Kier alpha value is -1.22. The summed E-state index contributed by atoms with van der Waals surface area (Å²) in [6.07, 6.45) is 4.38. The van der Waals surface area contributed by atoms with Crippen molar-refractivity contribution in [3.8, 4) is 0 Å². The summed E-state index contributed by atoms with van der Waals surface area (Å²) >= 11 is 5.85. The molecule has 4 heteroatoms. The second kappa shape index (κ2) is 5.41. The third kappa shape index (κ3) is 3.21. The van der Waals surface area contributed by atoms with E-state index in [1.165, 1.54) is 6.42 Å². The Morgan fingerprint density at radius 1 is 1.42 bits per heavy atom. The Morgan fingerprint density at radius 3 is 2.79 bits per heavy atom. The number of rotatable bonds is 2. The maximum atomic E-state index is 12.4. The lowest BCUT2D eigenvalue weighted by atomic mass is 9.68. The Kier molecular flexibility index (Phi) is 4.04. The van der Waals surface area contributed by atoms with Gasteiger partial charge in [-0.15, -0.1) is 0 Å². The monoisotopic (exact) mass is 280 g/mol. The van der Waals surface area contributed by atoms with Gasteiger partial charge < -0.3 is 11.1 Å². The van der Waals surface area contributed by atoms with Gasteiger partial charge in [0, 0.05) is 10.9 Å². The van der Waals surface area contributed by atoms with Crippen molar-refractivity contribution >= 4 is 28.9 Å². The zero-order valence-electron chi connectivity index (χ0n) is 11.5. The Balaban J connectivity index is 2.12. The van der Waals surface area contributed by atoms with E-state index in [1.807, 2.05) is 0 Å². The van der Waals surface area contributed by atoms with Crippen LogP contribution in [0.1, 0.15) is 39.5 Å². The number of halogens is 1. The molecule has 1 aliphatic carbocycles. The van der Waals surface area contributed by atoms with E-state index in [0.717, 1.165) is 19.3 Å². The average Bonchev–Trinajstić information content (AvgIpc) is 2.32. The number of hydrogen-bond donors (Lipinski definition) is 2. The number of nitrogens with two attached hydrogens (primary N) is 1. The van der Waals surface area contributed by atoms with Gasteiger partial charge in [-0.3, -0.25) is 4.79 Å². The van der Waals surface area contributed by atoms with E-state index in [9.17, 15) is 4.79 Å². The van der Waals surface area contributed by atoms with Crippen molar-refractivity contribution in [2.24, 2.45) is 11.3 Å². The predicted molar refractivity (Wildman–Crippen MR) is 80.2 cm³/mol. The van der Waals surface area contributed by atoms with Crippen molar-refractivity contribution in [2.45, 2.75) is 39.5 Å². The molecule has 1 aromatic rings. The molecule has 1 amide bonds. The van der Waals surface area contributed by atoms with Crippen LogP contribution in [0.4, 0.5) is 11.4 Å². The maximum absolute atomic E-state index is 12.4. The quantitative estimate of drug-likeness (QED) is 0.802. The molecule has 0 bridgehead atoms. The number of nitrogen functional groups attached to an aromatic ring is 1. The number of carbonyl (C=O) groups is 1. The standard InChI is InChI=1S/C15H21ClN2O/c1-15(2)8-4-3-5-11(15)14(19)18-13-7-6-10(16)9-12(13)17/h6-7,9,11H,3-5,8,17H2,1-2H3,(H,18,19). The molecule has 0 saturated heterocycles. The van der Waals surface area contributed by atoms with Crippen LogP contribution in [0.15, 0.2) is 18.2 Å². The normalized spacial score (nSPS) is 21.9. The van der Waals surface area contributed by atoms with Gasteiger partial charge in [-0.25, -0.2) is 0 Å². The summed E-state index contributed by atoms with van der Waals surface area (Å²) in [6.45, 7) is 4.34. The number of benzene rings is 1. The number of hydrogen-bond acceptors (Lipinski definition) is 2. The first kappa shape index (κ1) is 14.2. The van der Waals surface area contributed by atoms with Gasteiger partial charge in [0.15, 0.2) is 0 Å². The fraction of sp³-hybridized carbons (Fsp3) is 0.533. The Morgan fingerprint density at radius 2 is 2.16 bits per heavy atom. The molecule has 104 valence electrons. The lowest BCUT2D eigenvalue weighted by molar-refractivity contribution is -0.124. The van der Waals surface area contributed by atoms with E-state index < -0.39 is 0 Å². The molecule has 1 aliphatic rings. The zero-order valence-corrected chi connectivity index (χ0v) is 12.3. The molecule has 1 atom stereocenters. The minimum Gasteiger partial charge on any atom is -0.397 e. The van der Waals surface area contributed by atoms with Crippen LogP contribution in [-0.2, 0) is 4.79 Å². The third-order valence-corrected chi connectivity index (χ3v) is 4.33. The highest BCUT2D eigenvalue weighted by Crippen LogP contribution is 2.41. The molecule has 0 radical (unpaired) electrons. The highest BCUT2D eigenvalue weighted by molar-refractivity contribution is 6.31. The van der Waals surface area contributed by atoms with Crippen LogP contribution in [0.2, 0.25) is 5.02 Å². The fourth-order valence-corrected chi connectivity index (χ4v) is 3.03. The van der Waals surface area contributed by atoms with Crippen molar-refractivity contribution in [2.75, 3.05) is 11.1 Å². The predicted octanol–water partition coefficient (Wildman–Crippen LogP) is 4.08. The first-order valence-electron chi connectivity index (χ1n) is 6.76. The van der Waals surface area contributed by atoms with Crippen LogP contribution in [0.3, 0.4) is 0 Å². The smallest absolute Gasteiger partial charge is 0.228 e. The Labute approximate surface area is 119 Å². The first-order chi connectivity index (χ1) is 8.90. The van der Waals surface area contributed by atoms with Crippen molar-refractivity contribution in [3.05, 3.63) is 23.2 Å². The fourth-order valence-electron chi connectivity index (χ4n) is 2.85. The maximum Gasteiger partial charge on any atom is 0.228 e. The summed E-state index contributed by atoms with van der Waals surface area (Å²) in [5.41, 5.74) is 7.08. The molecule has 1 fully saturated rings. The molecule has 3 nitrogen and oxygen atoms in total. The molecular weight excluding hydrogens is 260 g/mol. The summed E-state index contributed by atoms with van der Waals surface area (Å²) in [6, 6.07) is 5.15. The zero-order chi connectivity index (χ0) is 14.0. The minimum atomic E-state index is 0.0522. The van der Waals surface area contributed by atoms with E-state index >= 15 is 0 Å². The second-order valence-electron chi connectivity index (χ2n) is 6.01. The summed E-state index contributed by atoms with van der Waals surface area (Å²) in [5.74, 6) is 0.120. The van der Waals surface area contributed by atoms with Crippen molar-refractivity contribution in [1.29, 1.82) is 0 Å². The molecule has 2 rings (SSSR count). The van der Waals surface area contributed by atoms with E-state index in [2.05, 4.69) is 19.2 Å². The largest absolute Gasteiger partial charge is 0.397 e. The van der Waals surface area contributed by atoms with E-state index in [-0.39, 0.29) is 17.2 Å². The summed E-state index contributed by atoms with van der Waals surface area (Å²) < 4.78 is 0. The molecule has 0 spiro atoms. The van der Waals surface area contributed by atoms with Crippen LogP contribution in [0, 0.1) is 11.3 Å². The van der Waals surface area contributed by atoms with Gasteiger partial charge >= 0.3 is 0 Å². The lowest BCUT2D eigenvalue weighted by Gasteiger charge is -2.37. The molecule has 3 N–H and O–H groups in total. The first-order valence-corrected chi connectivity index (χ1v) is 7.14. The average molecular weight is 281 g/mol. The number of nitrogens with one attached hydrogen (secondary N) is 1. The topological polar surface area (TPSA) is 55.1 Å². The van der Waals surface area contributed by atoms with Gasteiger partial charge in [-0.1, -0.05) is 38.3 Å². The molecule has 19 heavy (non-hydrogen) atoms. The molecular formula is C15H21ClN2O. The van der Waals surface area contributed by atoms with Crippen LogP contribution >= 0.6 is 11.6 Å². The highest BCUT2D eigenvalue weighted by Gasteiger charge is 2.37. The second-order valence-corrected chi connectivity index (χ2v) is 6.44. The SMILES string of the molecule is CC1(C)CCCCC1C(=O)Nc1ccc(Cl)cc1N. The van der Waals surface area contributed by atoms with Crippen molar-refractivity contribution in [3.63, 3.8) is 0 Å². The summed E-state index contributed by atoms with van der Waals surface area (Å²) in [5, 5.41) is 3.52. The number of carbonyl (C=O) groups excluding carboxylic acids is 1. The molecule has 0 aliphatic heterocycles. The van der Waals surface area contributed by atoms with Gasteiger partial charge in [-0.2, -0.15) is 0 Å². The molecule has 0 aromatic heterocycles. The van der Waals surface area contributed by atoms with Crippen LogP contribution in [-0.4, -0.2) is 5.91 Å². The molecule has 1 aromatic carbocycles. The van der Waals surface area contributed by atoms with Gasteiger partial charge in [-0.05, 0) is 36.5 Å². The van der Waals surface area contributed by atoms with Gasteiger partial charge in [0.2, 0.25) is 5.91 Å². The molecule has 1 unspecified atom stereocenters. The van der Waals surface area contributed by atoms with E-state index in [4.69, 9.17) is 17.3 Å². The van der Waals surface area contributed by atoms with Gasteiger partial charge in [0.25, 0.3) is 0 Å². The highest BCUT2D eigenvalue weighted by atomic mass is 35.5. The van der Waals surface area contributed by atoms with Gasteiger partial charge in [0.05, 0.1) is 11.4 Å². The Bertz CT molecular complexity index is 485. The summed E-state index contributed by atoms with van der Waals surface area (Å²) in [4.78, 5) is 12.4. The molecule has 0 heterocycles. The lowest BCUT2D eigenvalue weighted by Crippen LogP contribution is -2.37. The number of anilines is 2.